The minimum atomic E-state index is -4.55. The van der Waals surface area contributed by atoms with Crippen LogP contribution < -0.4 is 11.1 Å². The van der Waals surface area contributed by atoms with E-state index < -0.39 is 26.5 Å². The smallest absolute Gasteiger partial charge is 0.296 e. The summed E-state index contributed by atoms with van der Waals surface area (Å²) in [7, 11) is -4.55. The molecule has 0 saturated carbocycles. The molecule has 100 valence electrons. The van der Waals surface area contributed by atoms with Gasteiger partial charge in [-0.1, -0.05) is 0 Å². The summed E-state index contributed by atoms with van der Waals surface area (Å²) in [5, 5.41) is 12.8. The van der Waals surface area contributed by atoms with Crippen molar-refractivity contribution in [3.05, 3.63) is 24.3 Å². The van der Waals surface area contributed by atoms with Crippen LogP contribution in [-0.2, 0) is 14.9 Å². The molecular formula is C11H10N2O5S. The number of anilines is 2. The highest BCUT2D eigenvalue weighted by molar-refractivity contribution is 7.86. The molecule has 0 bridgehead atoms. The highest BCUT2D eigenvalue weighted by atomic mass is 32.2. The second kappa shape index (κ2) is 4.41. The Bertz CT molecular complexity index is 770. The predicted octanol–water partition coefficient (Wildman–Crippen LogP) is 0.943. The van der Waals surface area contributed by atoms with Crippen LogP contribution in [0.15, 0.2) is 29.2 Å². The molecule has 2 aromatic carbocycles. The summed E-state index contributed by atoms with van der Waals surface area (Å²) < 4.78 is 31.3. The number of phenols is 1. The van der Waals surface area contributed by atoms with E-state index in [1.807, 2.05) is 0 Å². The van der Waals surface area contributed by atoms with Crippen molar-refractivity contribution >= 4 is 38.7 Å². The fraction of sp³-hybridized carbons (Fsp3) is 0. The maximum Gasteiger partial charge on any atom is 0.296 e. The number of phenolic OH excluding ortho intramolecular Hbond substituents is 1. The number of hydrogen-bond acceptors (Lipinski definition) is 5. The predicted molar refractivity (Wildman–Crippen MR) is 69.5 cm³/mol. The molecule has 0 aliphatic rings. The van der Waals surface area contributed by atoms with Crippen LogP contribution in [0.3, 0.4) is 0 Å². The van der Waals surface area contributed by atoms with Gasteiger partial charge < -0.3 is 16.2 Å². The van der Waals surface area contributed by atoms with Crippen LogP contribution in [0, 0.1) is 0 Å². The number of benzene rings is 2. The van der Waals surface area contributed by atoms with Crippen LogP contribution in [0.25, 0.3) is 10.8 Å². The van der Waals surface area contributed by atoms with Gasteiger partial charge in [0, 0.05) is 11.1 Å². The standard InChI is InChI=1S/C11H10N2O5S/c12-10-9(19(16,17)18)4-6-3-7(13-5-14)1-2-8(6)11(10)15/h1-5,15H,12H2,(H,13,14)(H,16,17,18). The molecule has 19 heavy (non-hydrogen) atoms. The van der Waals surface area contributed by atoms with Crippen LogP contribution in [0.1, 0.15) is 0 Å². The van der Waals surface area contributed by atoms with E-state index >= 15 is 0 Å². The molecule has 5 N–H and O–H groups in total. The molecule has 2 aromatic rings. The van der Waals surface area contributed by atoms with Gasteiger partial charge in [0.2, 0.25) is 6.41 Å². The van der Waals surface area contributed by atoms with Gasteiger partial charge in [0.15, 0.2) is 0 Å². The van der Waals surface area contributed by atoms with Crippen molar-refractivity contribution in [2.45, 2.75) is 4.90 Å². The summed E-state index contributed by atoms with van der Waals surface area (Å²) in [6, 6.07) is 5.55. The molecule has 0 spiro atoms. The summed E-state index contributed by atoms with van der Waals surface area (Å²) >= 11 is 0. The lowest BCUT2D eigenvalue weighted by atomic mass is 10.1. The van der Waals surface area contributed by atoms with Crippen molar-refractivity contribution in [1.29, 1.82) is 0 Å². The first-order valence-electron chi connectivity index (χ1n) is 5.07. The molecule has 2 rings (SSSR count). The Morgan fingerprint density at radius 3 is 2.53 bits per heavy atom. The third-order valence-electron chi connectivity index (χ3n) is 2.62. The lowest BCUT2D eigenvalue weighted by Crippen LogP contribution is -2.03. The Labute approximate surface area is 108 Å². The van der Waals surface area contributed by atoms with E-state index in [1.165, 1.54) is 18.2 Å². The summed E-state index contributed by atoms with van der Waals surface area (Å²) in [5.41, 5.74) is 5.46. The second-order valence-electron chi connectivity index (χ2n) is 3.81. The van der Waals surface area contributed by atoms with E-state index in [9.17, 15) is 18.3 Å². The fourth-order valence-corrected chi connectivity index (χ4v) is 2.40. The van der Waals surface area contributed by atoms with Crippen molar-refractivity contribution in [1.82, 2.24) is 0 Å². The van der Waals surface area contributed by atoms with Crippen LogP contribution in [-0.4, -0.2) is 24.5 Å². The van der Waals surface area contributed by atoms with E-state index in [0.29, 0.717) is 22.9 Å². The number of carbonyl (C=O) groups is 1. The van der Waals surface area contributed by atoms with Gasteiger partial charge in [0.1, 0.15) is 10.6 Å². The van der Waals surface area contributed by atoms with Gasteiger partial charge in [-0.25, -0.2) is 0 Å². The maximum atomic E-state index is 11.2. The topological polar surface area (TPSA) is 130 Å². The van der Waals surface area contributed by atoms with Crippen LogP contribution in [0.5, 0.6) is 5.75 Å². The van der Waals surface area contributed by atoms with Gasteiger partial charge in [-0.05, 0) is 29.7 Å². The Balaban J connectivity index is 2.82. The van der Waals surface area contributed by atoms with Gasteiger partial charge >= 0.3 is 0 Å². The van der Waals surface area contributed by atoms with Crippen molar-refractivity contribution in [3.8, 4) is 5.75 Å². The van der Waals surface area contributed by atoms with Gasteiger partial charge in [-0.15, -0.1) is 0 Å². The van der Waals surface area contributed by atoms with Crippen molar-refractivity contribution < 1.29 is 22.9 Å². The third-order valence-corrected chi connectivity index (χ3v) is 3.51. The Hall–Kier alpha value is -2.32. The summed E-state index contributed by atoms with van der Waals surface area (Å²) in [6.07, 6.45) is 0.460. The normalized spacial score (nSPS) is 11.4. The fourth-order valence-electron chi connectivity index (χ4n) is 1.75. The molecule has 0 aliphatic heterocycles. The average Bonchev–Trinajstić information content (AvgIpc) is 2.32. The van der Waals surface area contributed by atoms with E-state index in [2.05, 4.69) is 5.32 Å². The molecule has 1 amide bonds. The molecule has 8 heteroatoms. The summed E-state index contributed by atoms with van der Waals surface area (Å²) in [4.78, 5) is 9.76. The first-order valence-corrected chi connectivity index (χ1v) is 6.51. The number of aromatic hydroxyl groups is 1. The van der Waals surface area contributed by atoms with E-state index in [0.717, 1.165) is 6.07 Å². The number of carbonyl (C=O) groups excluding carboxylic acids is 1. The molecule has 0 saturated heterocycles. The molecule has 7 nitrogen and oxygen atoms in total. The zero-order valence-corrected chi connectivity index (χ0v) is 10.3. The van der Waals surface area contributed by atoms with E-state index in [4.69, 9.17) is 10.3 Å². The SMILES string of the molecule is Nc1c(S(=O)(=O)O)cc2cc(NC=O)ccc2c1O. The molecule has 0 aliphatic carbocycles. The van der Waals surface area contributed by atoms with Crippen molar-refractivity contribution in [3.63, 3.8) is 0 Å². The van der Waals surface area contributed by atoms with E-state index in [1.54, 1.807) is 0 Å². The minimum absolute atomic E-state index is 0.307. The summed E-state index contributed by atoms with van der Waals surface area (Å²) in [6.45, 7) is 0. The molecule has 0 atom stereocenters. The Morgan fingerprint density at radius 1 is 1.26 bits per heavy atom. The monoisotopic (exact) mass is 282 g/mol. The number of nitrogens with one attached hydrogen (secondary N) is 1. The highest BCUT2D eigenvalue weighted by Gasteiger charge is 2.19. The minimum Gasteiger partial charge on any atom is -0.505 e. The molecule has 0 unspecified atom stereocenters. The average molecular weight is 282 g/mol. The first-order chi connectivity index (χ1) is 8.84. The molecule has 0 heterocycles. The number of amides is 1. The zero-order chi connectivity index (χ0) is 14.2. The van der Waals surface area contributed by atoms with Crippen LogP contribution in [0.2, 0.25) is 0 Å². The van der Waals surface area contributed by atoms with E-state index in [-0.39, 0.29) is 0 Å². The first kappa shape index (κ1) is 13.1. The lowest BCUT2D eigenvalue weighted by Gasteiger charge is -2.10. The second-order valence-corrected chi connectivity index (χ2v) is 5.20. The number of hydrogen-bond donors (Lipinski definition) is 4. The number of nitrogens with two attached hydrogens (primary N) is 1. The van der Waals surface area contributed by atoms with Gasteiger partial charge in [-0.2, -0.15) is 8.42 Å². The Morgan fingerprint density at radius 2 is 1.95 bits per heavy atom. The number of nitrogen functional groups attached to an aromatic ring is 1. The molecular weight excluding hydrogens is 272 g/mol. The maximum absolute atomic E-state index is 11.2. The van der Waals surface area contributed by atoms with Gasteiger partial charge in [0.25, 0.3) is 10.1 Å². The number of fused-ring (bicyclic) bond motifs is 1. The van der Waals surface area contributed by atoms with Gasteiger partial charge in [0.05, 0.1) is 5.69 Å². The summed E-state index contributed by atoms with van der Waals surface area (Å²) in [5.74, 6) is -0.442. The molecule has 0 fully saturated rings. The largest absolute Gasteiger partial charge is 0.505 e. The van der Waals surface area contributed by atoms with Crippen molar-refractivity contribution in [2.24, 2.45) is 0 Å². The number of rotatable bonds is 3. The zero-order valence-electron chi connectivity index (χ0n) is 9.49. The quantitative estimate of drug-likeness (QED) is 0.287. The third kappa shape index (κ3) is 2.30. The Kier molecular flexibility index (Phi) is 3.05. The van der Waals surface area contributed by atoms with Crippen molar-refractivity contribution in [2.75, 3.05) is 11.1 Å². The lowest BCUT2D eigenvalue weighted by molar-refractivity contribution is -0.105. The van der Waals surface area contributed by atoms with Crippen LogP contribution >= 0.6 is 0 Å². The van der Waals surface area contributed by atoms with Gasteiger partial charge in [-0.3, -0.25) is 9.35 Å². The molecule has 0 radical (unpaired) electrons. The molecule has 0 aromatic heterocycles. The highest BCUT2D eigenvalue weighted by Crippen LogP contribution is 2.37. The van der Waals surface area contributed by atoms with Crippen LogP contribution in [0.4, 0.5) is 11.4 Å².